The van der Waals surface area contributed by atoms with Crippen LogP contribution in [0.4, 0.5) is 4.39 Å². The summed E-state index contributed by atoms with van der Waals surface area (Å²) in [7, 11) is 1.60. The third kappa shape index (κ3) is 4.96. The molecule has 0 aliphatic rings. The van der Waals surface area contributed by atoms with Gasteiger partial charge in [-0.2, -0.15) is 0 Å². The zero-order valence-corrected chi connectivity index (χ0v) is 11.5. The van der Waals surface area contributed by atoms with E-state index in [-0.39, 0.29) is 11.3 Å². The molecule has 0 aliphatic heterocycles. The Labute approximate surface area is 112 Å². The van der Waals surface area contributed by atoms with Gasteiger partial charge in [0, 0.05) is 7.11 Å². The minimum absolute atomic E-state index is 0.228. The predicted octanol–water partition coefficient (Wildman–Crippen LogP) is 2.38. The van der Waals surface area contributed by atoms with Crippen LogP contribution in [-0.4, -0.2) is 39.3 Å². The number of rotatable bonds is 8. The number of carbonyl (C=O) groups is 1. The summed E-state index contributed by atoms with van der Waals surface area (Å²) in [5.41, 5.74) is 0.695. The molecule has 0 fully saturated rings. The molecule has 0 atom stereocenters. The molecule has 19 heavy (non-hydrogen) atoms. The molecule has 0 spiro atoms. The van der Waals surface area contributed by atoms with E-state index >= 15 is 0 Å². The van der Waals surface area contributed by atoms with Crippen LogP contribution in [0.2, 0.25) is 0 Å². The van der Waals surface area contributed by atoms with E-state index in [0.29, 0.717) is 37.7 Å². The van der Waals surface area contributed by atoms with Crippen molar-refractivity contribution in [1.29, 1.82) is 0 Å². The molecule has 4 nitrogen and oxygen atoms in total. The number of carbonyl (C=O) groups excluding carboxylic acids is 1. The largest absolute Gasteiger partial charge is 0.490 e. The standard InChI is InChI=1S/C14H19FO4/c1-10-8-14(12(11(2)16)9-13(10)15)19-7-6-18-5-4-17-3/h8-9H,4-7H2,1-3H3. The van der Waals surface area contributed by atoms with Crippen molar-refractivity contribution in [1.82, 2.24) is 0 Å². The molecule has 0 saturated heterocycles. The summed E-state index contributed by atoms with van der Waals surface area (Å²) in [6.07, 6.45) is 0. The van der Waals surface area contributed by atoms with Gasteiger partial charge in [0.1, 0.15) is 18.2 Å². The number of hydrogen-bond acceptors (Lipinski definition) is 4. The van der Waals surface area contributed by atoms with Crippen molar-refractivity contribution in [2.75, 3.05) is 33.5 Å². The Morgan fingerprint density at radius 3 is 2.53 bits per heavy atom. The monoisotopic (exact) mass is 270 g/mol. The molecule has 0 saturated carbocycles. The normalized spacial score (nSPS) is 10.5. The fourth-order valence-electron chi connectivity index (χ4n) is 1.50. The second kappa shape index (κ2) is 7.86. The Balaban J connectivity index is 2.57. The number of methoxy groups -OCH3 is 1. The summed E-state index contributed by atoms with van der Waals surface area (Å²) in [5.74, 6) is -0.246. The van der Waals surface area contributed by atoms with E-state index in [9.17, 15) is 9.18 Å². The number of hydrogen-bond donors (Lipinski definition) is 0. The predicted molar refractivity (Wildman–Crippen MR) is 69.3 cm³/mol. The van der Waals surface area contributed by atoms with Crippen molar-refractivity contribution in [3.8, 4) is 5.75 Å². The second-order valence-electron chi connectivity index (χ2n) is 4.11. The van der Waals surface area contributed by atoms with Crippen LogP contribution >= 0.6 is 0 Å². The van der Waals surface area contributed by atoms with Crippen LogP contribution in [-0.2, 0) is 9.47 Å². The molecule has 0 unspecified atom stereocenters. The van der Waals surface area contributed by atoms with Crippen LogP contribution in [0, 0.1) is 12.7 Å². The van der Waals surface area contributed by atoms with Crippen LogP contribution in [0.15, 0.2) is 12.1 Å². The molecule has 0 N–H and O–H groups in total. The Morgan fingerprint density at radius 1 is 1.21 bits per heavy atom. The van der Waals surface area contributed by atoms with Crippen molar-refractivity contribution in [3.63, 3.8) is 0 Å². The number of benzene rings is 1. The molecule has 0 aromatic heterocycles. The fraction of sp³-hybridized carbons (Fsp3) is 0.500. The third-order valence-electron chi connectivity index (χ3n) is 2.56. The molecule has 1 rings (SSSR count). The smallest absolute Gasteiger partial charge is 0.163 e. The van der Waals surface area contributed by atoms with Crippen molar-refractivity contribution in [2.24, 2.45) is 0 Å². The highest BCUT2D eigenvalue weighted by atomic mass is 19.1. The Kier molecular flexibility index (Phi) is 6.45. The van der Waals surface area contributed by atoms with Crippen molar-refractivity contribution < 1.29 is 23.4 Å². The van der Waals surface area contributed by atoms with E-state index in [2.05, 4.69) is 0 Å². The molecule has 0 radical (unpaired) electrons. The lowest BCUT2D eigenvalue weighted by Gasteiger charge is -2.11. The van der Waals surface area contributed by atoms with Crippen molar-refractivity contribution >= 4 is 5.78 Å². The number of aryl methyl sites for hydroxylation is 1. The van der Waals surface area contributed by atoms with Crippen LogP contribution in [0.3, 0.4) is 0 Å². The first-order valence-electron chi connectivity index (χ1n) is 6.06. The lowest BCUT2D eigenvalue weighted by atomic mass is 10.1. The van der Waals surface area contributed by atoms with E-state index in [1.165, 1.54) is 19.1 Å². The highest BCUT2D eigenvalue weighted by Gasteiger charge is 2.12. The highest BCUT2D eigenvalue weighted by Crippen LogP contribution is 2.23. The third-order valence-corrected chi connectivity index (χ3v) is 2.56. The van der Waals surface area contributed by atoms with Crippen LogP contribution in [0.5, 0.6) is 5.75 Å². The summed E-state index contributed by atoms with van der Waals surface area (Å²) in [4.78, 5) is 11.4. The topological polar surface area (TPSA) is 44.8 Å². The zero-order chi connectivity index (χ0) is 14.3. The van der Waals surface area contributed by atoms with Gasteiger partial charge in [-0.1, -0.05) is 0 Å². The maximum Gasteiger partial charge on any atom is 0.163 e. The van der Waals surface area contributed by atoms with Crippen LogP contribution in [0.25, 0.3) is 0 Å². The van der Waals surface area contributed by atoms with Crippen LogP contribution in [0.1, 0.15) is 22.8 Å². The minimum Gasteiger partial charge on any atom is -0.490 e. The number of halogens is 1. The van der Waals surface area contributed by atoms with E-state index < -0.39 is 5.82 Å². The maximum absolute atomic E-state index is 13.4. The number of Topliss-reactive ketones (excluding diaryl/α,β-unsaturated/α-hetero) is 1. The molecule has 0 bridgehead atoms. The Bertz CT molecular complexity index is 432. The number of ketones is 1. The van der Waals surface area contributed by atoms with Gasteiger partial charge in [0.2, 0.25) is 0 Å². The van der Waals surface area contributed by atoms with E-state index in [0.717, 1.165) is 0 Å². The highest BCUT2D eigenvalue weighted by molar-refractivity contribution is 5.96. The molecule has 1 aromatic carbocycles. The van der Waals surface area contributed by atoms with E-state index in [1.54, 1.807) is 14.0 Å². The van der Waals surface area contributed by atoms with Gasteiger partial charge in [-0.15, -0.1) is 0 Å². The molecule has 106 valence electrons. The first-order chi connectivity index (χ1) is 9.06. The van der Waals surface area contributed by atoms with Gasteiger partial charge in [-0.25, -0.2) is 4.39 Å². The first kappa shape index (κ1) is 15.6. The molecular weight excluding hydrogens is 251 g/mol. The minimum atomic E-state index is -0.408. The Morgan fingerprint density at radius 2 is 1.89 bits per heavy atom. The zero-order valence-electron chi connectivity index (χ0n) is 11.5. The summed E-state index contributed by atoms with van der Waals surface area (Å²) in [6.45, 7) is 4.70. The van der Waals surface area contributed by atoms with Crippen molar-refractivity contribution in [2.45, 2.75) is 13.8 Å². The fourth-order valence-corrected chi connectivity index (χ4v) is 1.50. The van der Waals surface area contributed by atoms with Gasteiger partial charge < -0.3 is 14.2 Å². The van der Waals surface area contributed by atoms with Gasteiger partial charge in [0.25, 0.3) is 0 Å². The molecule has 5 heteroatoms. The Hall–Kier alpha value is -1.46. The van der Waals surface area contributed by atoms with E-state index in [1.807, 2.05) is 0 Å². The van der Waals surface area contributed by atoms with E-state index in [4.69, 9.17) is 14.2 Å². The summed E-state index contributed by atoms with van der Waals surface area (Å²) >= 11 is 0. The summed E-state index contributed by atoms with van der Waals surface area (Å²) < 4.78 is 28.9. The summed E-state index contributed by atoms with van der Waals surface area (Å²) in [6, 6.07) is 2.74. The molecule has 0 amide bonds. The van der Waals surface area contributed by atoms with Crippen LogP contribution < -0.4 is 4.74 Å². The quantitative estimate of drug-likeness (QED) is 0.537. The van der Waals surface area contributed by atoms with Gasteiger partial charge >= 0.3 is 0 Å². The molecule has 0 heterocycles. The molecule has 0 aliphatic carbocycles. The van der Waals surface area contributed by atoms with Gasteiger partial charge in [0.05, 0.1) is 25.4 Å². The lowest BCUT2D eigenvalue weighted by Crippen LogP contribution is -2.11. The summed E-state index contributed by atoms with van der Waals surface area (Å²) in [5, 5.41) is 0. The molecule has 1 aromatic rings. The van der Waals surface area contributed by atoms with Gasteiger partial charge in [-0.3, -0.25) is 4.79 Å². The first-order valence-corrected chi connectivity index (χ1v) is 6.06. The van der Waals surface area contributed by atoms with Gasteiger partial charge in [-0.05, 0) is 31.5 Å². The average molecular weight is 270 g/mol. The average Bonchev–Trinajstić information content (AvgIpc) is 2.37. The second-order valence-corrected chi connectivity index (χ2v) is 4.11. The molecular formula is C14H19FO4. The number of ether oxygens (including phenoxy) is 3. The lowest BCUT2D eigenvalue weighted by molar-refractivity contribution is 0.0542. The van der Waals surface area contributed by atoms with Crippen molar-refractivity contribution in [3.05, 3.63) is 29.1 Å². The van der Waals surface area contributed by atoms with Gasteiger partial charge in [0.15, 0.2) is 5.78 Å². The maximum atomic E-state index is 13.4. The SMILES string of the molecule is COCCOCCOc1cc(C)c(F)cc1C(C)=O.